The number of nitrogens with zero attached hydrogens (tertiary/aromatic N) is 1. The highest BCUT2D eigenvalue weighted by molar-refractivity contribution is 8.00. The van der Waals surface area contributed by atoms with Crippen LogP contribution in [0.15, 0.2) is 29.2 Å². The monoisotopic (exact) mass is 205 g/mol. The van der Waals surface area contributed by atoms with Crippen molar-refractivity contribution in [3.63, 3.8) is 0 Å². The van der Waals surface area contributed by atoms with E-state index in [2.05, 4.69) is 6.07 Å². The molecule has 1 unspecified atom stereocenters. The number of benzene rings is 1. The van der Waals surface area contributed by atoms with E-state index < -0.39 is 0 Å². The van der Waals surface area contributed by atoms with Gasteiger partial charge >= 0.3 is 0 Å². The molecule has 1 aromatic rings. The van der Waals surface area contributed by atoms with Gasteiger partial charge in [0, 0.05) is 10.5 Å². The molecule has 0 radical (unpaired) electrons. The first-order valence-corrected chi connectivity index (χ1v) is 5.18. The van der Waals surface area contributed by atoms with Gasteiger partial charge in [-0.2, -0.15) is 5.26 Å². The third kappa shape index (κ3) is 2.90. The maximum absolute atomic E-state index is 11.0. The Kier molecular flexibility index (Phi) is 3.73. The summed E-state index contributed by atoms with van der Waals surface area (Å²) in [7, 11) is 0. The van der Waals surface area contributed by atoms with Crippen LogP contribution in [0.5, 0.6) is 0 Å². The summed E-state index contributed by atoms with van der Waals surface area (Å²) < 4.78 is 0. The van der Waals surface area contributed by atoms with E-state index >= 15 is 0 Å². The molecule has 0 amide bonds. The van der Waals surface area contributed by atoms with Gasteiger partial charge in [0.1, 0.15) is 0 Å². The number of nitriles is 1. The summed E-state index contributed by atoms with van der Waals surface area (Å²) in [6.45, 7) is 3.39. The molecule has 0 aliphatic carbocycles. The molecule has 0 N–H and O–H groups in total. The van der Waals surface area contributed by atoms with Crippen LogP contribution >= 0.6 is 11.8 Å². The van der Waals surface area contributed by atoms with Crippen molar-refractivity contribution < 1.29 is 4.79 Å². The number of Topliss-reactive ketones (excluding diaryl/α,β-unsaturated/α-hetero) is 1. The minimum Gasteiger partial charge on any atom is -0.295 e. The van der Waals surface area contributed by atoms with Crippen LogP contribution in [-0.4, -0.2) is 11.0 Å². The Morgan fingerprint density at radius 2 is 2.00 bits per heavy atom. The highest BCUT2D eigenvalue weighted by Gasteiger charge is 2.03. The number of carbonyl (C=O) groups excluding carboxylic acids is 1. The Morgan fingerprint density at radius 3 is 2.43 bits per heavy atom. The molecule has 0 heterocycles. The second-order valence-corrected chi connectivity index (χ2v) is 4.38. The highest BCUT2D eigenvalue weighted by Crippen LogP contribution is 2.22. The van der Waals surface area contributed by atoms with E-state index in [1.54, 1.807) is 19.1 Å². The van der Waals surface area contributed by atoms with Gasteiger partial charge in [-0.25, -0.2) is 0 Å². The molecule has 2 nitrogen and oxygen atoms in total. The standard InChI is InChI=1S/C11H11NOS/c1-8(7-12)14-11-5-3-10(4-6-11)9(2)13/h3-6,8H,1-2H3. The Labute approximate surface area is 87.9 Å². The molecule has 0 aromatic heterocycles. The average molecular weight is 205 g/mol. The van der Waals surface area contributed by atoms with E-state index in [9.17, 15) is 4.79 Å². The molecule has 0 saturated heterocycles. The van der Waals surface area contributed by atoms with Crippen LogP contribution < -0.4 is 0 Å². The fourth-order valence-electron chi connectivity index (χ4n) is 0.999. The SMILES string of the molecule is CC(=O)c1ccc(SC(C)C#N)cc1. The summed E-state index contributed by atoms with van der Waals surface area (Å²) in [5.74, 6) is 0.0647. The summed E-state index contributed by atoms with van der Waals surface area (Å²) in [6, 6.07) is 9.46. The Morgan fingerprint density at radius 1 is 1.43 bits per heavy atom. The summed E-state index contributed by atoms with van der Waals surface area (Å²) in [6.07, 6.45) is 0. The molecule has 14 heavy (non-hydrogen) atoms. The minimum atomic E-state index is -0.0572. The smallest absolute Gasteiger partial charge is 0.159 e. The van der Waals surface area contributed by atoms with E-state index in [0.717, 1.165) is 4.90 Å². The molecule has 0 aliphatic rings. The molecule has 3 heteroatoms. The lowest BCUT2D eigenvalue weighted by Crippen LogP contribution is -1.92. The predicted octanol–water partition coefficient (Wildman–Crippen LogP) is 2.89. The van der Waals surface area contributed by atoms with Gasteiger partial charge in [0.2, 0.25) is 0 Å². The fraction of sp³-hybridized carbons (Fsp3) is 0.273. The summed E-state index contributed by atoms with van der Waals surface area (Å²) >= 11 is 1.49. The average Bonchev–Trinajstić information content (AvgIpc) is 2.18. The molecule has 1 rings (SSSR count). The van der Waals surface area contributed by atoms with Crippen LogP contribution in [-0.2, 0) is 0 Å². The number of rotatable bonds is 3. The third-order valence-electron chi connectivity index (χ3n) is 1.76. The zero-order valence-electron chi connectivity index (χ0n) is 8.15. The van der Waals surface area contributed by atoms with Crippen LogP contribution in [0, 0.1) is 11.3 Å². The molecule has 0 spiro atoms. The first-order chi connectivity index (χ1) is 6.63. The van der Waals surface area contributed by atoms with Crippen molar-refractivity contribution >= 4 is 17.5 Å². The Hall–Kier alpha value is -1.27. The topological polar surface area (TPSA) is 40.9 Å². The summed E-state index contributed by atoms with van der Waals surface area (Å²) in [5, 5.41) is 8.56. The molecule has 1 atom stereocenters. The van der Waals surface area contributed by atoms with Crippen molar-refractivity contribution in [3.8, 4) is 6.07 Å². The van der Waals surface area contributed by atoms with Crippen LogP contribution in [0.4, 0.5) is 0 Å². The van der Waals surface area contributed by atoms with Crippen molar-refractivity contribution in [2.45, 2.75) is 24.0 Å². The highest BCUT2D eigenvalue weighted by atomic mass is 32.2. The zero-order chi connectivity index (χ0) is 10.6. The lowest BCUT2D eigenvalue weighted by Gasteiger charge is -2.02. The second kappa shape index (κ2) is 4.83. The summed E-state index contributed by atoms with van der Waals surface area (Å²) in [5.41, 5.74) is 0.707. The fourth-order valence-corrected chi connectivity index (χ4v) is 1.75. The normalized spacial score (nSPS) is 11.8. The third-order valence-corrected chi connectivity index (χ3v) is 2.76. The van der Waals surface area contributed by atoms with E-state index in [0.29, 0.717) is 5.56 Å². The van der Waals surface area contributed by atoms with Gasteiger partial charge in [0.25, 0.3) is 0 Å². The van der Waals surface area contributed by atoms with Crippen LogP contribution in [0.3, 0.4) is 0 Å². The molecular weight excluding hydrogens is 194 g/mol. The quantitative estimate of drug-likeness (QED) is 0.562. The Bertz CT molecular complexity index is 364. The van der Waals surface area contributed by atoms with Gasteiger partial charge in [-0.15, -0.1) is 11.8 Å². The summed E-state index contributed by atoms with van der Waals surface area (Å²) in [4.78, 5) is 12.0. The lowest BCUT2D eigenvalue weighted by atomic mass is 10.2. The van der Waals surface area contributed by atoms with Gasteiger partial charge < -0.3 is 0 Å². The van der Waals surface area contributed by atoms with Gasteiger partial charge in [0.15, 0.2) is 5.78 Å². The van der Waals surface area contributed by atoms with Gasteiger partial charge in [-0.1, -0.05) is 12.1 Å². The first kappa shape index (κ1) is 10.8. The second-order valence-electron chi connectivity index (χ2n) is 2.97. The van der Waals surface area contributed by atoms with Gasteiger partial charge in [-0.05, 0) is 26.0 Å². The number of carbonyl (C=O) groups is 1. The van der Waals surface area contributed by atoms with Crippen LogP contribution in [0.2, 0.25) is 0 Å². The van der Waals surface area contributed by atoms with Crippen molar-refractivity contribution in [1.29, 1.82) is 5.26 Å². The molecule has 1 aromatic carbocycles. The maximum Gasteiger partial charge on any atom is 0.159 e. The largest absolute Gasteiger partial charge is 0.295 e. The van der Waals surface area contributed by atoms with Crippen molar-refractivity contribution in [2.75, 3.05) is 0 Å². The molecule has 0 aliphatic heterocycles. The molecule has 0 bridgehead atoms. The molecule has 0 saturated carbocycles. The van der Waals surface area contributed by atoms with Crippen LogP contribution in [0.25, 0.3) is 0 Å². The van der Waals surface area contributed by atoms with E-state index in [1.807, 2.05) is 19.1 Å². The number of hydrogen-bond donors (Lipinski definition) is 0. The van der Waals surface area contributed by atoms with Crippen molar-refractivity contribution in [3.05, 3.63) is 29.8 Å². The molecule has 72 valence electrons. The number of thioether (sulfide) groups is 1. The zero-order valence-corrected chi connectivity index (χ0v) is 8.97. The van der Waals surface area contributed by atoms with Crippen molar-refractivity contribution in [2.24, 2.45) is 0 Å². The predicted molar refractivity (Wildman–Crippen MR) is 57.4 cm³/mol. The lowest BCUT2D eigenvalue weighted by molar-refractivity contribution is 0.101. The first-order valence-electron chi connectivity index (χ1n) is 4.30. The van der Waals surface area contributed by atoms with E-state index in [1.165, 1.54) is 11.8 Å². The number of ketones is 1. The molecular formula is C11H11NOS. The Balaban J connectivity index is 2.75. The number of hydrogen-bond acceptors (Lipinski definition) is 3. The maximum atomic E-state index is 11.0. The van der Waals surface area contributed by atoms with Gasteiger partial charge in [0.05, 0.1) is 11.3 Å². The van der Waals surface area contributed by atoms with E-state index in [4.69, 9.17) is 5.26 Å². The van der Waals surface area contributed by atoms with Gasteiger partial charge in [-0.3, -0.25) is 4.79 Å². The minimum absolute atomic E-state index is 0.0572. The van der Waals surface area contributed by atoms with E-state index in [-0.39, 0.29) is 11.0 Å². The molecule has 0 fully saturated rings. The van der Waals surface area contributed by atoms with Crippen molar-refractivity contribution in [1.82, 2.24) is 0 Å². The van der Waals surface area contributed by atoms with Crippen LogP contribution in [0.1, 0.15) is 24.2 Å².